The quantitative estimate of drug-likeness (QED) is 0.842. The Morgan fingerprint density at radius 2 is 2.14 bits per heavy atom. The largest absolute Gasteiger partial charge is 0.474 e. The van der Waals surface area contributed by atoms with Gasteiger partial charge >= 0.3 is 0 Å². The highest BCUT2D eigenvalue weighted by Crippen LogP contribution is 2.40. The van der Waals surface area contributed by atoms with Crippen LogP contribution in [0.5, 0.6) is 5.75 Å². The number of ether oxygens (including phenoxy) is 1. The van der Waals surface area contributed by atoms with Crippen LogP contribution in [0.25, 0.3) is 0 Å². The van der Waals surface area contributed by atoms with Crippen LogP contribution in [0.3, 0.4) is 0 Å². The molecule has 21 heavy (non-hydrogen) atoms. The van der Waals surface area contributed by atoms with Crippen LogP contribution in [0.15, 0.2) is 29.7 Å². The molecule has 0 saturated heterocycles. The minimum atomic E-state index is -3.42. The van der Waals surface area contributed by atoms with Gasteiger partial charge in [0.1, 0.15) is 5.75 Å². The van der Waals surface area contributed by atoms with E-state index >= 15 is 0 Å². The molecular formula is C14H17NO4S2. The molecule has 1 atom stereocenters. The third-order valence-electron chi connectivity index (χ3n) is 2.91. The summed E-state index contributed by atoms with van der Waals surface area (Å²) in [5.41, 5.74) is 0.805. The highest BCUT2D eigenvalue weighted by Gasteiger charge is 2.29. The zero-order chi connectivity index (χ0) is 15.7. The van der Waals surface area contributed by atoms with Crippen molar-refractivity contribution >= 4 is 33.3 Å². The number of carbonyl (C=O) groups excluding carboxylic acids is 1. The molecule has 0 aliphatic carbocycles. The summed E-state index contributed by atoms with van der Waals surface area (Å²) in [7, 11) is -3.42. The summed E-state index contributed by atoms with van der Waals surface area (Å²) in [6.45, 7) is 3.37. The second-order valence-electron chi connectivity index (χ2n) is 5.07. The van der Waals surface area contributed by atoms with Crippen molar-refractivity contribution in [1.82, 2.24) is 0 Å². The van der Waals surface area contributed by atoms with Gasteiger partial charge in [0.2, 0.25) is 10.0 Å². The summed E-state index contributed by atoms with van der Waals surface area (Å²) >= 11 is 1.52. The maximum Gasteiger partial charge on any atom is 0.229 e. The predicted octanol–water partition coefficient (Wildman–Crippen LogP) is 3.01. The van der Waals surface area contributed by atoms with Crippen molar-refractivity contribution in [3.8, 4) is 5.75 Å². The van der Waals surface area contributed by atoms with Crippen LogP contribution in [0.2, 0.25) is 0 Å². The molecule has 1 aromatic carbocycles. The van der Waals surface area contributed by atoms with Crippen LogP contribution in [-0.4, -0.2) is 25.4 Å². The Morgan fingerprint density at radius 1 is 1.43 bits per heavy atom. The molecule has 114 valence electrons. The number of rotatable bonds is 5. The van der Waals surface area contributed by atoms with Gasteiger partial charge in [0, 0.05) is 12.0 Å². The lowest BCUT2D eigenvalue weighted by Gasteiger charge is -2.26. The van der Waals surface area contributed by atoms with E-state index in [1.165, 1.54) is 18.7 Å². The Labute approximate surface area is 128 Å². The van der Waals surface area contributed by atoms with Gasteiger partial charge in [-0.1, -0.05) is 17.8 Å². The number of hydrogen-bond acceptors (Lipinski definition) is 5. The molecule has 1 aromatic rings. The fourth-order valence-corrected chi connectivity index (χ4v) is 3.29. The molecule has 5 nitrogen and oxygen atoms in total. The van der Waals surface area contributed by atoms with Gasteiger partial charge in [-0.15, -0.1) is 0 Å². The van der Waals surface area contributed by atoms with E-state index in [2.05, 4.69) is 4.72 Å². The molecule has 7 heteroatoms. The number of sulfonamides is 1. The van der Waals surface area contributed by atoms with Crippen molar-refractivity contribution in [2.75, 3.05) is 11.0 Å². The van der Waals surface area contributed by atoms with Crippen molar-refractivity contribution in [2.24, 2.45) is 0 Å². The van der Waals surface area contributed by atoms with Gasteiger partial charge in [0.15, 0.2) is 10.7 Å². The van der Waals surface area contributed by atoms with Crippen LogP contribution in [0.4, 0.5) is 5.69 Å². The van der Waals surface area contributed by atoms with Crippen molar-refractivity contribution in [1.29, 1.82) is 0 Å². The number of Topliss-reactive ketones (excluding diaryl/α,β-unsaturated/α-hetero) is 1. The molecule has 0 spiro atoms. The third-order valence-corrected chi connectivity index (χ3v) is 4.58. The highest BCUT2D eigenvalue weighted by atomic mass is 32.2. The number of carbonyl (C=O) groups is 1. The molecule has 0 radical (unpaired) electrons. The predicted molar refractivity (Wildman–Crippen MR) is 85.3 cm³/mol. The standard InChI is InChI=1S/C14H17NO4S2/c1-10(16)11-5-6-12(15-21(3,17)18)13(9-11)19-14(2)7-4-8-20-14/h4-6,8-9,15H,7H2,1-3H3. The third kappa shape index (κ3) is 4.25. The van der Waals surface area contributed by atoms with Crippen molar-refractivity contribution in [2.45, 2.75) is 25.2 Å². The first-order valence-corrected chi connectivity index (χ1v) is 9.10. The smallest absolute Gasteiger partial charge is 0.229 e. The Hall–Kier alpha value is -1.47. The van der Waals surface area contributed by atoms with E-state index < -0.39 is 15.0 Å². The summed E-state index contributed by atoms with van der Waals surface area (Å²) in [6, 6.07) is 4.69. The van der Waals surface area contributed by atoms with E-state index in [9.17, 15) is 13.2 Å². The molecule has 1 aliphatic heterocycles. The normalized spacial score (nSPS) is 21.3. The van der Waals surface area contributed by atoms with E-state index in [1.807, 2.05) is 18.4 Å². The van der Waals surface area contributed by atoms with Crippen molar-refractivity contribution in [3.05, 3.63) is 35.2 Å². The van der Waals surface area contributed by atoms with E-state index in [1.54, 1.807) is 18.2 Å². The molecule has 1 heterocycles. The van der Waals surface area contributed by atoms with Gasteiger partial charge in [-0.25, -0.2) is 8.42 Å². The lowest BCUT2D eigenvalue weighted by molar-refractivity contribution is 0.101. The fraction of sp³-hybridized carbons (Fsp3) is 0.357. The number of ketones is 1. The van der Waals surface area contributed by atoms with E-state index in [0.29, 0.717) is 23.4 Å². The van der Waals surface area contributed by atoms with Crippen LogP contribution < -0.4 is 9.46 Å². The van der Waals surface area contributed by atoms with Gasteiger partial charge in [0.05, 0.1) is 11.9 Å². The monoisotopic (exact) mass is 327 g/mol. The first kappa shape index (κ1) is 15.9. The van der Waals surface area contributed by atoms with E-state index in [4.69, 9.17) is 4.74 Å². The van der Waals surface area contributed by atoms with Crippen LogP contribution in [0.1, 0.15) is 30.6 Å². The molecule has 2 rings (SSSR count). The first-order chi connectivity index (χ1) is 9.69. The number of hydrogen-bond donors (Lipinski definition) is 1. The molecule has 0 fully saturated rings. The molecule has 0 bridgehead atoms. The molecule has 1 unspecified atom stereocenters. The lowest BCUT2D eigenvalue weighted by Crippen LogP contribution is -2.25. The average Bonchev–Trinajstić information content (AvgIpc) is 2.76. The van der Waals surface area contributed by atoms with Gasteiger partial charge < -0.3 is 4.74 Å². The van der Waals surface area contributed by atoms with Crippen LogP contribution >= 0.6 is 11.8 Å². The second-order valence-corrected chi connectivity index (χ2v) is 8.19. The molecular weight excluding hydrogens is 310 g/mol. The number of anilines is 1. The number of nitrogens with one attached hydrogen (secondary N) is 1. The van der Waals surface area contributed by atoms with Gasteiger partial charge in [0.25, 0.3) is 0 Å². The maximum atomic E-state index is 11.5. The topological polar surface area (TPSA) is 72.5 Å². The minimum Gasteiger partial charge on any atom is -0.474 e. The van der Waals surface area contributed by atoms with Crippen LogP contribution in [0, 0.1) is 0 Å². The average molecular weight is 327 g/mol. The Balaban J connectivity index is 2.38. The summed E-state index contributed by atoms with van der Waals surface area (Å²) in [4.78, 5) is 11.0. The number of thioether (sulfide) groups is 1. The zero-order valence-corrected chi connectivity index (χ0v) is 13.7. The lowest BCUT2D eigenvalue weighted by atomic mass is 10.1. The molecule has 0 aromatic heterocycles. The molecule has 1 aliphatic rings. The van der Waals surface area contributed by atoms with Crippen molar-refractivity contribution in [3.63, 3.8) is 0 Å². The Kier molecular flexibility index (Phi) is 4.34. The number of benzene rings is 1. The van der Waals surface area contributed by atoms with Gasteiger partial charge in [-0.3, -0.25) is 9.52 Å². The fourth-order valence-electron chi connectivity index (χ4n) is 1.91. The molecule has 0 saturated carbocycles. The second kappa shape index (κ2) is 5.73. The van der Waals surface area contributed by atoms with Gasteiger partial charge in [-0.05, 0) is 37.5 Å². The first-order valence-electron chi connectivity index (χ1n) is 6.33. The summed E-state index contributed by atoms with van der Waals surface area (Å²) in [5.74, 6) is 0.250. The summed E-state index contributed by atoms with van der Waals surface area (Å²) in [6.07, 6.45) is 3.77. The summed E-state index contributed by atoms with van der Waals surface area (Å²) in [5, 5.41) is 1.94. The Morgan fingerprint density at radius 3 is 2.67 bits per heavy atom. The van der Waals surface area contributed by atoms with E-state index in [0.717, 1.165) is 6.26 Å². The highest BCUT2D eigenvalue weighted by molar-refractivity contribution is 8.03. The zero-order valence-electron chi connectivity index (χ0n) is 12.0. The summed E-state index contributed by atoms with van der Waals surface area (Å²) < 4.78 is 31.2. The van der Waals surface area contributed by atoms with Gasteiger partial charge in [-0.2, -0.15) is 0 Å². The minimum absolute atomic E-state index is 0.104. The van der Waals surface area contributed by atoms with Crippen molar-refractivity contribution < 1.29 is 17.9 Å². The Bertz CT molecular complexity index is 687. The SMILES string of the molecule is CC(=O)c1ccc(NS(C)(=O)=O)c(OC2(C)CC=CS2)c1. The van der Waals surface area contributed by atoms with Crippen LogP contribution in [-0.2, 0) is 10.0 Å². The molecule has 0 amide bonds. The maximum absolute atomic E-state index is 11.5. The molecule has 1 N–H and O–H groups in total. The van der Waals surface area contributed by atoms with E-state index in [-0.39, 0.29) is 5.78 Å².